The first-order valence-electron chi connectivity index (χ1n) is 5.81. The van der Waals surface area contributed by atoms with Gasteiger partial charge >= 0.3 is 0 Å². The Labute approximate surface area is 87.5 Å². The molecule has 3 unspecified atom stereocenters. The molecule has 0 saturated carbocycles. The fraction of sp³-hybridized carbons (Fsp3) is 1.00. The van der Waals surface area contributed by atoms with Gasteiger partial charge in [-0.25, -0.2) is 0 Å². The molecule has 0 aromatic rings. The van der Waals surface area contributed by atoms with Gasteiger partial charge in [-0.3, -0.25) is 0 Å². The zero-order chi connectivity index (χ0) is 10.6. The van der Waals surface area contributed by atoms with Crippen LogP contribution in [0.3, 0.4) is 0 Å². The Hall–Kier alpha value is -0.120. The summed E-state index contributed by atoms with van der Waals surface area (Å²) < 4.78 is 0. The Bertz CT molecular complexity index is 161. The molecular weight excluding hydrogens is 176 g/mol. The third kappa shape index (κ3) is 3.23. The summed E-state index contributed by atoms with van der Waals surface area (Å²) in [5, 5.41) is 13.1. The van der Waals surface area contributed by atoms with Crippen LogP contribution >= 0.6 is 0 Å². The SMILES string of the molecule is CCNC1CC(C(C)O)CN(CC)C1. The monoisotopic (exact) mass is 200 g/mol. The average Bonchev–Trinajstić information content (AvgIpc) is 2.17. The van der Waals surface area contributed by atoms with Crippen LogP contribution in [0.1, 0.15) is 27.2 Å². The smallest absolute Gasteiger partial charge is 0.0553 e. The molecule has 1 aliphatic rings. The highest BCUT2D eigenvalue weighted by Crippen LogP contribution is 2.19. The van der Waals surface area contributed by atoms with Gasteiger partial charge in [0.1, 0.15) is 0 Å². The van der Waals surface area contributed by atoms with E-state index in [2.05, 4.69) is 24.1 Å². The van der Waals surface area contributed by atoms with Crippen molar-refractivity contribution in [2.24, 2.45) is 5.92 Å². The van der Waals surface area contributed by atoms with Crippen LogP contribution in [-0.4, -0.2) is 48.3 Å². The molecule has 84 valence electrons. The molecule has 3 atom stereocenters. The van der Waals surface area contributed by atoms with Crippen LogP contribution in [-0.2, 0) is 0 Å². The zero-order valence-electron chi connectivity index (χ0n) is 9.66. The molecule has 1 fully saturated rings. The molecule has 0 spiro atoms. The van der Waals surface area contributed by atoms with Crippen LogP contribution in [0.25, 0.3) is 0 Å². The van der Waals surface area contributed by atoms with E-state index in [1.165, 1.54) is 0 Å². The second kappa shape index (κ2) is 5.69. The van der Waals surface area contributed by atoms with Crippen molar-refractivity contribution in [2.75, 3.05) is 26.2 Å². The first kappa shape index (κ1) is 12.0. The molecule has 0 aromatic carbocycles. The predicted molar refractivity (Wildman–Crippen MR) is 59.4 cm³/mol. The van der Waals surface area contributed by atoms with E-state index in [1.807, 2.05) is 6.92 Å². The normalized spacial score (nSPS) is 31.7. The molecule has 3 heteroatoms. The second-order valence-corrected chi connectivity index (χ2v) is 4.34. The van der Waals surface area contributed by atoms with Gasteiger partial charge in [-0.15, -0.1) is 0 Å². The van der Waals surface area contributed by atoms with Gasteiger partial charge in [-0.05, 0) is 32.4 Å². The van der Waals surface area contributed by atoms with E-state index in [0.29, 0.717) is 12.0 Å². The summed E-state index contributed by atoms with van der Waals surface area (Å²) in [6.45, 7) is 10.5. The first-order chi connectivity index (χ1) is 6.67. The van der Waals surface area contributed by atoms with Crippen molar-refractivity contribution in [3.05, 3.63) is 0 Å². The van der Waals surface area contributed by atoms with Crippen LogP contribution < -0.4 is 5.32 Å². The number of likely N-dealkylation sites (N-methyl/N-ethyl adjacent to an activating group) is 2. The van der Waals surface area contributed by atoms with Crippen molar-refractivity contribution in [3.63, 3.8) is 0 Å². The molecule has 0 aliphatic carbocycles. The third-order valence-electron chi connectivity index (χ3n) is 3.18. The highest BCUT2D eigenvalue weighted by Gasteiger charge is 2.28. The summed E-state index contributed by atoms with van der Waals surface area (Å²) in [5.74, 6) is 0.438. The minimum atomic E-state index is -0.175. The molecule has 0 aromatic heterocycles. The van der Waals surface area contributed by atoms with Crippen LogP contribution in [0.4, 0.5) is 0 Å². The maximum Gasteiger partial charge on any atom is 0.0553 e. The van der Waals surface area contributed by atoms with E-state index in [0.717, 1.165) is 32.6 Å². The Balaban J connectivity index is 2.47. The van der Waals surface area contributed by atoms with E-state index in [4.69, 9.17) is 0 Å². The number of nitrogens with one attached hydrogen (secondary N) is 1. The molecule has 3 nitrogen and oxygen atoms in total. The van der Waals surface area contributed by atoms with Crippen molar-refractivity contribution < 1.29 is 5.11 Å². The van der Waals surface area contributed by atoms with Crippen molar-refractivity contribution in [2.45, 2.75) is 39.3 Å². The standard InChI is InChI=1S/C11H24N2O/c1-4-12-11-6-10(9(3)14)7-13(5-2)8-11/h9-12,14H,4-8H2,1-3H3. The maximum absolute atomic E-state index is 9.62. The Morgan fingerprint density at radius 2 is 2.14 bits per heavy atom. The van der Waals surface area contributed by atoms with Crippen LogP contribution in [0.15, 0.2) is 0 Å². The Morgan fingerprint density at radius 3 is 2.64 bits per heavy atom. The second-order valence-electron chi connectivity index (χ2n) is 4.34. The van der Waals surface area contributed by atoms with Crippen molar-refractivity contribution in [1.29, 1.82) is 0 Å². The van der Waals surface area contributed by atoms with Gasteiger partial charge < -0.3 is 15.3 Å². The Morgan fingerprint density at radius 1 is 1.43 bits per heavy atom. The Kier molecular flexibility index (Phi) is 4.85. The van der Waals surface area contributed by atoms with Gasteiger partial charge in [-0.1, -0.05) is 13.8 Å². The third-order valence-corrected chi connectivity index (χ3v) is 3.18. The number of piperidine rings is 1. The van der Waals surface area contributed by atoms with Crippen molar-refractivity contribution in [3.8, 4) is 0 Å². The van der Waals surface area contributed by atoms with Gasteiger partial charge in [0.2, 0.25) is 0 Å². The first-order valence-corrected chi connectivity index (χ1v) is 5.81. The van der Waals surface area contributed by atoms with Gasteiger partial charge in [0.25, 0.3) is 0 Å². The molecular formula is C11H24N2O. The number of nitrogens with zero attached hydrogens (tertiary/aromatic N) is 1. The largest absolute Gasteiger partial charge is 0.393 e. The molecule has 1 aliphatic heterocycles. The molecule has 0 bridgehead atoms. The maximum atomic E-state index is 9.62. The summed E-state index contributed by atoms with van der Waals surface area (Å²) in [6.07, 6.45) is 0.938. The number of rotatable bonds is 4. The average molecular weight is 200 g/mol. The van der Waals surface area contributed by atoms with Crippen molar-refractivity contribution in [1.82, 2.24) is 10.2 Å². The minimum Gasteiger partial charge on any atom is -0.393 e. The fourth-order valence-electron chi connectivity index (χ4n) is 2.28. The quantitative estimate of drug-likeness (QED) is 0.701. The number of hydrogen-bond donors (Lipinski definition) is 2. The van der Waals surface area contributed by atoms with Gasteiger partial charge in [0.15, 0.2) is 0 Å². The lowest BCUT2D eigenvalue weighted by molar-refractivity contribution is 0.0507. The van der Waals surface area contributed by atoms with E-state index in [1.54, 1.807) is 0 Å². The van der Waals surface area contributed by atoms with Crippen LogP contribution in [0.5, 0.6) is 0 Å². The lowest BCUT2D eigenvalue weighted by Gasteiger charge is -2.38. The summed E-state index contributed by atoms with van der Waals surface area (Å²) in [6, 6.07) is 0.563. The predicted octanol–water partition coefficient (Wildman–Crippen LogP) is 0.687. The van der Waals surface area contributed by atoms with Crippen LogP contribution in [0, 0.1) is 5.92 Å². The minimum absolute atomic E-state index is 0.175. The van der Waals surface area contributed by atoms with E-state index in [-0.39, 0.29) is 6.10 Å². The van der Waals surface area contributed by atoms with E-state index < -0.39 is 0 Å². The summed E-state index contributed by atoms with van der Waals surface area (Å²) in [5.41, 5.74) is 0. The molecule has 14 heavy (non-hydrogen) atoms. The molecule has 0 amide bonds. The van der Waals surface area contributed by atoms with Crippen molar-refractivity contribution >= 4 is 0 Å². The number of aliphatic hydroxyl groups excluding tert-OH is 1. The molecule has 0 radical (unpaired) electrons. The summed E-state index contributed by atoms with van der Waals surface area (Å²) >= 11 is 0. The summed E-state index contributed by atoms with van der Waals surface area (Å²) in [7, 11) is 0. The van der Waals surface area contributed by atoms with E-state index in [9.17, 15) is 5.11 Å². The van der Waals surface area contributed by atoms with Gasteiger partial charge in [0, 0.05) is 19.1 Å². The number of hydrogen-bond acceptors (Lipinski definition) is 3. The number of aliphatic hydroxyl groups is 1. The van der Waals surface area contributed by atoms with Gasteiger partial charge in [-0.2, -0.15) is 0 Å². The molecule has 1 saturated heterocycles. The molecule has 2 N–H and O–H groups in total. The van der Waals surface area contributed by atoms with E-state index >= 15 is 0 Å². The molecule has 1 heterocycles. The zero-order valence-corrected chi connectivity index (χ0v) is 9.66. The lowest BCUT2D eigenvalue weighted by Crippen LogP contribution is -2.51. The summed E-state index contributed by atoms with van der Waals surface area (Å²) in [4.78, 5) is 2.42. The lowest BCUT2D eigenvalue weighted by atomic mass is 9.90. The highest BCUT2D eigenvalue weighted by atomic mass is 16.3. The topological polar surface area (TPSA) is 35.5 Å². The number of likely N-dealkylation sites (tertiary alicyclic amines) is 1. The molecule has 1 rings (SSSR count). The fourth-order valence-corrected chi connectivity index (χ4v) is 2.28. The van der Waals surface area contributed by atoms with Gasteiger partial charge in [0.05, 0.1) is 6.10 Å². The van der Waals surface area contributed by atoms with Crippen LogP contribution in [0.2, 0.25) is 0 Å². The highest BCUT2D eigenvalue weighted by molar-refractivity contribution is 4.84.